The number of carbonyl (C=O) groups is 2. The van der Waals surface area contributed by atoms with Crippen LogP contribution in [0.2, 0.25) is 0 Å². The number of methoxy groups -OCH3 is 2. The number of allylic oxidation sites excluding steroid dienone is 1. The summed E-state index contributed by atoms with van der Waals surface area (Å²) >= 11 is 6.18. The van der Waals surface area contributed by atoms with Crippen LogP contribution in [0, 0.1) is 28.9 Å². The zero-order chi connectivity index (χ0) is 21.2. The summed E-state index contributed by atoms with van der Waals surface area (Å²) in [4.78, 5) is 23.7. The summed E-state index contributed by atoms with van der Waals surface area (Å²) in [5.74, 6) is -3.29. The molecule has 0 saturated heterocycles. The highest BCUT2D eigenvalue weighted by atomic mass is 79.9. The molecule has 2 atom stereocenters. The Kier molecular flexibility index (Phi) is 7.38. The molecule has 9 heteroatoms. The first-order valence-electron chi connectivity index (χ1n) is 8.33. The monoisotopic (exact) mass is 524 g/mol. The second kappa shape index (κ2) is 9.00. The van der Waals surface area contributed by atoms with E-state index in [0.717, 1.165) is 0 Å². The topological polar surface area (TPSA) is 61.8 Å². The molecule has 1 aromatic rings. The van der Waals surface area contributed by atoms with Gasteiger partial charge >= 0.3 is 11.9 Å². The average Bonchev–Trinajstić information content (AvgIpc) is 3.21. The molecule has 0 unspecified atom stereocenters. The van der Waals surface area contributed by atoms with Crippen molar-refractivity contribution in [2.75, 3.05) is 14.2 Å². The number of hydrogen-bond donors (Lipinski definition) is 0. The minimum atomic E-state index is -0.806. The van der Waals surface area contributed by atoms with Crippen LogP contribution < -0.4 is 0 Å². The van der Waals surface area contributed by atoms with E-state index in [-0.39, 0.29) is 39.2 Å². The standard InChI is InChI=1S/C19H20Br2F2O5/c1-19(2)11(5-6-12(24)27-4)13(19)18(25)28-8-9-14(20)16(22)10(7-26-3)17(23)15(9)21/h5-6,11,13H,7-8H2,1-4H3/b6-5-/t11-,13-/m0/s1. The zero-order valence-corrected chi connectivity index (χ0v) is 18.9. The molecule has 2 rings (SSSR count). The van der Waals surface area contributed by atoms with Gasteiger partial charge in [0, 0.05) is 18.7 Å². The van der Waals surface area contributed by atoms with Crippen LogP contribution in [0.4, 0.5) is 8.78 Å². The van der Waals surface area contributed by atoms with Gasteiger partial charge in [0.1, 0.15) is 18.2 Å². The van der Waals surface area contributed by atoms with Crippen molar-refractivity contribution >= 4 is 43.8 Å². The first kappa shape index (κ1) is 23.0. The van der Waals surface area contributed by atoms with Crippen molar-refractivity contribution in [2.24, 2.45) is 17.3 Å². The van der Waals surface area contributed by atoms with E-state index in [1.165, 1.54) is 20.3 Å². The molecule has 1 saturated carbocycles. The van der Waals surface area contributed by atoms with Gasteiger partial charge in [-0.05, 0) is 43.2 Å². The smallest absolute Gasteiger partial charge is 0.330 e. The highest BCUT2D eigenvalue weighted by molar-refractivity contribution is 9.11. The Morgan fingerprint density at radius 3 is 2.14 bits per heavy atom. The Morgan fingerprint density at radius 1 is 1.07 bits per heavy atom. The summed E-state index contributed by atoms with van der Waals surface area (Å²) in [6, 6.07) is 0. The van der Waals surface area contributed by atoms with Gasteiger partial charge in [-0.15, -0.1) is 0 Å². The van der Waals surface area contributed by atoms with Gasteiger partial charge in [-0.3, -0.25) is 4.79 Å². The van der Waals surface area contributed by atoms with E-state index in [9.17, 15) is 18.4 Å². The van der Waals surface area contributed by atoms with E-state index in [1.807, 2.05) is 13.8 Å². The Morgan fingerprint density at radius 2 is 1.64 bits per heavy atom. The molecule has 0 amide bonds. The predicted octanol–water partition coefficient (Wildman–Crippen LogP) is 4.68. The van der Waals surface area contributed by atoms with Crippen LogP contribution in [-0.2, 0) is 37.0 Å². The van der Waals surface area contributed by atoms with E-state index < -0.39 is 34.9 Å². The Labute approximate surface area is 178 Å². The normalized spacial score (nSPS) is 20.3. The Balaban J connectivity index is 2.13. The first-order valence-corrected chi connectivity index (χ1v) is 9.91. The lowest BCUT2D eigenvalue weighted by atomic mass is 10.1. The molecule has 154 valence electrons. The van der Waals surface area contributed by atoms with Crippen molar-refractivity contribution in [3.8, 4) is 0 Å². The summed E-state index contributed by atoms with van der Waals surface area (Å²) in [6.07, 6.45) is 2.88. The minimum Gasteiger partial charge on any atom is -0.466 e. The molecular formula is C19H20Br2F2O5. The average molecular weight is 526 g/mol. The third-order valence-corrected chi connectivity index (χ3v) is 6.55. The number of halogens is 4. The second-order valence-electron chi connectivity index (χ2n) is 6.96. The maximum absolute atomic E-state index is 14.4. The molecule has 1 aliphatic carbocycles. The lowest BCUT2D eigenvalue weighted by Crippen LogP contribution is -2.12. The zero-order valence-electron chi connectivity index (χ0n) is 15.8. The van der Waals surface area contributed by atoms with Crippen LogP contribution in [0.5, 0.6) is 0 Å². The molecule has 0 aromatic heterocycles. The van der Waals surface area contributed by atoms with Crippen molar-refractivity contribution in [3.05, 3.63) is 43.9 Å². The van der Waals surface area contributed by atoms with Crippen LogP contribution in [0.25, 0.3) is 0 Å². The molecule has 28 heavy (non-hydrogen) atoms. The fourth-order valence-electron chi connectivity index (χ4n) is 3.09. The maximum atomic E-state index is 14.4. The van der Waals surface area contributed by atoms with Gasteiger partial charge < -0.3 is 14.2 Å². The van der Waals surface area contributed by atoms with Gasteiger partial charge in [-0.1, -0.05) is 19.9 Å². The molecule has 0 radical (unpaired) electrons. The van der Waals surface area contributed by atoms with E-state index in [1.54, 1.807) is 6.08 Å². The van der Waals surface area contributed by atoms with Gasteiger partial charge in [0.15, 0.2) is 0 Å². The molecular weight excluding hydrogens is 506 g/mol. The lowest BCUT2D eigenvalue weighted by Gasteiger charge is -2.14. The number of benzene rings is 1. The lowest BCUT2D eigenvalue weighted by molar-refractivity contribution is -0.147. The fraction of sp³-hybridized carbons (Fsp3) is 0.474. The highest BCUT2D eigenvalue weighted by Gasteiger charge is 2.61. The fourth-order valence-corrected chi connectivity index (χ4v) is 4.46. The number of hydrogen-bond acceptors (Lipinski definition) is 5. The van der Waals surface area contributed by atoms with Crippen LogP contribution in [-0.4, -0.2) is 26.2 Å². The predicted molar refractivity (Wildman–Crippen MR) is 104 cm³/mol. The largest absolute Gasteiger partial charge is 0.466 e. The summed E-state index contributed by atoms with van der Waals surface area (Å²) in [5.41, 5.74) is -0.481. The van der Waals surface area contributed by atoms with Crippen molar-refractivity contribution < 1.29 is 32.6 Å². The van der Waals surface area contributed by atoms with Crippen molar-refractivity contribution in [1.82, 2.24) is 0 Å². The summed E-state index contributed by atoms with van der Waals surface area (Å²) in [6.45, 7) is 3.19. The molecule has 0 aliphatic heterocycles. The van der Waals surface area contributed by atoms with Gasteiger partial charge in [-0.2, -0.15) is 0 Å². The van der Waals surface area contributed by atoms with Crippen molar-refractivity contribution in [3.63, 3.8) is 0 Å². The van der Waals surface area contributed by atoms with E-state index >= 15 is 0 Å². The number of carbonyl (C=O) groups excluding carboxylic acids is 2. The van der Waals surface area contributed by atoms with Crippen LogP contribution in [0.1, 0.15) is 25.0 Å². The molecule has 0 spiro atoms. The highest BCUT2D eigenvalue weighted by Crippen LogP contribution is 2.59. The van der Waals surface area contributed by atoms with Gasteiger partial charge in [0.25, 0.3) is 0 Å². The van der Waals surface area contributed by atoms with Crippen LogP contribution >= 0.6 is 31.9 Å². The number of ether oxygens (including phenoxy) is 3. The first-order chi connectivity index (χ1) is 13.1. The SMILES string of the molecule is COCc1c(F)c(Br)c(COC(=O)[C@@H]2[C@H](/C=C\C(=O)OC)C2(C)C)c(Br)c1F. The summed E-state index contributed by atoms with van der Waals surface area (Å²) in [5, 5.41) is 0. The quantitative estimate of drug-likeness (QED) is 0.294. The third kappa shape index (κ3) is 4.46. The second-order valence-corrected chi connectivity index (χ2v) is 8.55. The number of esters is 2. The van der Waals surface area contributed by atoms with E-state index in [0.29, 0.717) is 0 Å². The summed E-state index contributed by atoms with van der Waals surface area (Å²) < 4.78 is 43.5. The van der Waals surface area contributed by atoms with Crippen LogP contribution in [0.15, 0.2) is 21.1 Å². The minimum absolute atomic E-state index is 0.00202. The van der Waals surface area contributed by atoms with Gasteiger partial charge in [0.05, 0.1) is 34.1 Å². The molecule has 0 N–H and O–H groups in total. The molecule has 1 fully saturated rings. The van der Waals surface area contributed by atoms with E-state index in [4.69, 9.17) is 9.47 Å². The van der Waals surface area contributed by atoms with Crippen LogP contribution in [0.3, 0.4) is 0 Å². The Bertz CT molecular complexity index is 794. The number of rotatable bonds is 7. The molecule has 0 bridgehead atoms. The maximum Gasteiger partial charge on any atom is 0.330 e. The molecule has 0 heterocycles. The van der Waals surface area contributed by atoms with Crippen molar-refractivity contribution in [2.45, 2.75) is 27.1 Å². The molecule has 1 aromatic carbocycles. The van der Waals surface area contributed by atoms with Crippen molar-refractivity contribution in [1.29, 1.82) is 0 Å². The third-order valence-electron chi connectivity index (χ3n) is 4.90. The Hall–Kier alpha value is -1.32. The van der Waals surface area contributed by atoms with Gasteiger partial charge in [0.2, 0.25) is 0 Å². The molecule has 5 nitrogen and oxygen atoms in total. The van der Waals surface area contributed by atoms with Gasteiger partial charge in [-0.25, -0.2) is 13.6 Å². The van der Waals surface area contributed by atoms with E-state index in [2.05, 4.69) is 36.6 Å². The summed E-state index contributed by atoms with van der Waals surface area (Å²) in [7, 11) is 2.60. The molecule has 1 aliphatic rings.